The molecule has 1 saturated heterocycles. The second kappa shape index (κ2) is 7.93. The Bertz CT molecular complexity index is 1100. The van der Waals surface area contributed by atoms with E-state index >= 15 is 0 Å². The van der Waals surface area contributed by atoms with Crippen molar-refractivity contribution in [2.24, 2.45) is 0 Å². The summed E-state index contributed by atoms with van der Waals surface area (Å²) in [6.45, 7) is 2.28. The molecular formula is C21H18F3N3O4. The topological polar surface area (TPSA) is 77.7 Å². The summed E-state index contributed by atoms with van der Waals surface area (Å²) in [6, 6.07) is 10.7. The number of halogens is 3. The van der Waals surface area contributed by atoms with Crippen molar-refractivity contribution in [1.29, 1.82) is 0 Å². The normalized spacial score (nSPS) is 16.6. The second-order valence-electron chi connectivity index (χ2n) is 7.09. The van der Waals surface area contributed by atoms with Gasteiger partial charge in [0.25, 0.3) is 0 Å². The number of nitrogens with zero attached hydrogens (tertiary/aromatic N) is 3. The maximum atomic E-state index is 12.6. The average Bonchev–Trinajstić information content (AvgIpc) is 3.35. The van der Waals surface area contributed by atoms with Gasteiger partial charge in [0.1, 0.15) is 11.5 Å². The van der Waals surface area contributed by atoms with Gasteiger partial charge >= 0.3 is 6.36 Å². The highest BCUT2D eigenvalue weighted by Gasteiger charge is 2.36. The molecule has 1 aliphatic heterocycles. The molecule has 1 aliphatic rings. The van der Waals surface area contributed by atoms with E-state index in [0.717, 1.165) is 11.3 Å². The third-order valence-electron chi connectivity index (χ3n) is 4.97. The molecule has 1 aromatic heterocycles. The molecule has 10 heteroatoms. The van der Waals surface area contributed by atoms with Crippen LogP contribution >= 0.6 is 0 Å². The van der Waals surface area contributed by atoms with Crippen molar-refractivity contribution < 1.29 is 32.0 Å². The number of ether oxygens (including phenoxy) is 2. The molecule has 0 aliphatic carbocycles. The molecule has 1 fully saturated rings. The molecule has 1 atom stereocenters. The fourth-order valence-electron chi connectivity index (χ4n) is 3.44. The molecule has 1 unspecified atom stereocenters. The van der Waals surface area contributed by atoms with Crippen LogP contribution < -0.4 is 14.4 Å². The van der Waals surface area contributed by atoms with Crippen LogP contribution in [0.5, 0.6) is 11.5 Å². The third-order valence-corrected chi connectivity index (χ3v) is 4.97. The molecule has 0 spiro atoms. The molecule has 4 rings (SSSR count). The van der Waals surface area contributed by atoms with Crippen molar-refractivity contribution in [3.8, 4) is 22.9 Å². The van der Waals surface area contributed by atoms with Gasteiger partial charge in [0, 0.05) is 24.6 Å². The van der Waals surface area contributed by atoms with Gasteiger partial charge in [-0.05, 0) is 42.8 Å². The number of hydrogen-bond donors (Lipinski definition) is 0. The number of carbonyl (C=O) groups is 1. The van der Waals surface area contributed by atoms with Gasteiger partial charge in [-0.3, -0.25) is 4.79 Å². The average molecular weight is 433 g/mol. The maximum Gasteiger partial charge on any atom is 0.573 e. The number of alkyl halides is 3. The first-order valence-corrected chi connectivity index (χ1v) is 9.38. The van der Waals surface area contributed by atoms with E-state index in [2.05, 4.69) is 14.9 Å². The molecule has 2 aromatic carbocycles. The van der Waals surface area contributed by atoms with Gasteiger partial charge in [-0.2, -0.15) is 4.98 Å². The van der Waals surface area contributed by atoms with Crippen molar-refractivity contribution in [1.82, 2.24) is 10.1 Å². The Morgan fingerprint density at radius 3 is 2.52 bits per heavy atom. The van der Waals surface area contributed by atoms with Crippen LogP contribution in [0.15, 0.2) is 47.0 Å². The Hall–Kier alpha value is -3.56. The van der Waals surface area contributed by atoms with Crippen LogP contribution in [0.4, 0.5) is 18.9 Å². The van der Waals surface area contributed by atoms with Gasteiger partial charge in [-0.25, -0.2) is 0 Å². The first-order valence-electron chi connectivity index (χ1n) is 9.38. The molecule has 0 N–H and O–H groups in total. The largest absolute Gasteiger partial charge is 0.573 e. The zero-order chi connectivity index (χ0) is 22.2. The van der Waals surface area contributed by atoms with E-state index in [1.165, 1.54) is 24.3 Å². The number of rotatable bonds is 5. The van der Waals surface area contributed by atoms with Crippen LogP contribution in [0.25, 0.3) is 11.4 Å². The van der Waals surface area contributed by atoms with Gasteiger partial charge in [0.05, 0.1) is 18.7 Å². The Labute approximate surface area is 175 Å². The van der Waals surface area contributed by atoms with E-state index in [1.807, 2.05) is 19.1 Å². The summed E-state index contributed by atoms with van der Waals surface area (Å²) in [4.78, 5) is 18.6. The minimum Gasteiger partial charge on any atom is -0.497 e. The Balaban J connectivity index is 1.50. The number of benzene rings is 2. The smallest absolute Gasteiger partial charge is 0.497 e. The minimum absolute atomic E-state index is 0.0743. The number of aryl methyl sites for hydroxylation is 1. The van der Waals surface area contributed by atoms with E-state index in [-0.39, 0.29) is 29.8 Å². The Morgan fingerprint density at radius 1 is 1.13 bits per heavy atom. The van der Waals surface area contributed by atoms with Gasteiger partial charge in [-0.1, -0.05) is 11.2 Å². The van der Waals surface area contributed by atoms with Crippen molar-refractivity contribution >= 4 is 11.6 Å². The Kier molecular flexibility index (Phi) is 5.30. The first kappa shape index (κ1) is 20.7. The van der Waals surface area contributed by atoms with Crippen molar-refractivity contribution in [2.75, 3.05) is 18.6 Å². The standard InChI is InChI=1S/C21H18F3N3O4/c1-12-3-6-16(29-2)10-17(12)27-11-14(9-18(27)28)20-25-19(26-31-20)13-4-7-15(8-5-13)30-21(22,23)24/h3-8,10,14H,9,11H2,1-2H3. The summed E-state index contributed by atoms with van der Waals surface area (Å²) < 4.78 is 51.3. The van der Waals surface area contributed by atoms with Gasteiger partial charge < -0.3 is 18.9 Å². The number of methoxy groups -OCH3 is 1. The molecule has 0 saturated carbocycles. The second-order valence-corrected chi connectivity index (χ2v) is 7.09. The third kappa shape index (κ3) is 4.47. The predicted octanol–water partition coefficient (Wildman–Crippen LogP) is 4.47. The molecule has 0 bridgehead atoms. The summed E-state index contributed by atoms with van der Waals surface area (Å²) in [5, 5.41) is 3.90. The van der Waals surface area contributed by atoms with Crippen LogP contribution in [0, 0.1) is 6.92 Å². The molecule has 0 radical (unpaired) electrons. The summed E-state index contributed by atoms with van der Waals surface area (Å²) >= 11 is 0. The van der Waals surface area contributed by atoms with Crippen LogP contribution in [-0.4, -0.2) is 36.1 Å². The highest BCUT2D eigenvalue weighted by atomic mass is 19.4. The van der Waals surface area contributed by atoms with Gasteiger partial charge in [0.2, 0.25) is 17.6 Å². The maximum absolute atomic E-state index is 12.6. The fraction of sp³-hybridized carbons (Fsp3) is 0.286. The van der Waals surface area contributed by atoms with E-state index < -0.39 is 6.36 Å². The number of aromatic nitrogens is 2. The molecular weight excluding hydrogens is 415 g/mol. The van der Waals surface area contributed by atoms with E-state index in [1.54, 1.807) is 18.1 Å². The molecule has 1 amide bonds. The van der Waals surface area contributed by atoms with Crippen molar-refractivity contribution in [3.63, 3.8) is 0 Å². The summed E-state index contributed by atoms with van der Waals surface area (Å²) in [5.41, 5.74) is 2.16. The SMILES string of the molecule is COc1ccc(C)c(N2CC(c3nc(-c4ccc(OC(F)(F)F)cc4)no3)CC2=O)c1. The zero-order valence-electron chi connectivity index (χ0n) is 16.6. The molecule has 31 heavy (non-hydrogen) atoms. The number of amides is 1. The predicted molar refractivity (Wildman–Crippen MR) is 104 cm³/mol. The minimum atomic E-state index is -4.76. The monoisotopic (exact) mass is 433 g/mol. The summed E-state index contributed by atoms with van der Waals surface area (Å²) in [7, 11) is 1.56. The van der Waals surface area contributed by atoms with Crippen LogP contribution in [0.3, 0.4) is 0 Å². The number of anilines is 1. The highest BCUT2D eigenvalue weighted by Crippen LogP contribution is 2.35. The highest BCUT2D eigenvalue weighted by molar-refractivity contribution is 5.97. The number of carbonyl (C=O) groups excluding carboxylic acids is 1. The van der Waals surface area contributed by atoms with Crippen molar-refractivity contribution in [3.05, 3.63) is 53.9 Å². The van der Waals surface area contributed by atoms with Gasteiger partial charge in [-0.15, -0.1) is 13.2 Å². The lowest BCUT2D eigenvalue weighted by Crippen LogP contribution is -2.25. The molecule has 2 heterocycles. The van der Waals surface area contributed by atoms with Crippen LogP contribution in [0.2, 0.25) is 0 Å². The van der Waals surface area contributed by atoms with Crippen LogP contribution in [-0.2, 0) is 4.79 Å². The van der Waals surface area contributed by atoms with Gasteiger partial charge in [0.15, 0.2) is 0 Å². The fourth-order valence-corrected chi connectivity index (χ4v) is 3.44. The summed E-state index contributed by atoms with van der Waals surface area (Å²) in [6.07, 6.45) is -4.56. The molecule has 162 valence electrons. The quantitative estimate of drug-likeness (QED) is 0.591. The van der Waals surface area contributed by atoms with E-state index in [9.17, 15) is 18.0 Å². The van der Waals surface area contributed by atoms with Crippen molar-refractivity contribution in [2.45, 2.75) is 25.6 Å². The molecule has 3 aromatic rings. The number of hydrogen-bond acceptors (Lipinski definition) is 6. The first-order chi connectivity index (χ1) is 14.7. The van der Waals surface area contributed by atoms with Crippen LogP contribution in [0.1, 0.15) is 23.8 Å². The van der Waals surface area contributed by atoms with E-state index in [0.29, 0.717) is 23.7 Å². The zero-order valence-corrected chi connectivity index (χ0v) is 16.6. The van der Waals surface area contributed by atoms with E-state index in [4.69, 9.17) is 9.26 Å². The lowest BCUT2D eigenvalue weighted by molar-refractivity contribution is -0.274. The lowest BCUT2D eigenvalue weighted by atomic mass is 10.1. The Morgan fingerprint density at radius 2 is 1.84 bits per heavy atom. The molecule has 7 nitrogen and oxygen atoms in total. The summed E-state index contributed by atoms with van der Waals surface area (Å²) in [5.74, 6) is 0.446. The lowest BCUT2D eigenvalue weighted by Gasteiger charge is -2.19.